The van der Waals surface area contributed by atoms with Gasteiger partial charge in [0, 0.05) is 12.6 Å². The summed E-state index contributed by atoms with van der Waals surface area (Å²) >= 11 is 0. The largest absolute Gasteiger partial charge is 0.497 e. The van der Waals surface area contributed by atoms with Gasteiger partial charge >= 0.3 is 7.12 Å². The first-order valence-electron chi connectivity index (χ1n) is 9.14. The van der Waals surface area contributed by atoms with E-state index in [1.807, 2.05) is 52.0 Å². The Bertz CT molecular complexity index is 851. The number of anilines is 1. The summed E-state index contributed by atoms with van der Waals surface area (Å²) < 4.78 is 17.1. The van der Waals surface area contributed by atoms with Crippen LogP contribution in [0.4, 0.5) is 11.4 Å². The summed E-state index contributed by atoms with van der Waals surface area (Å²) in [7, 11) is 0.970. The molecule has 2 aromatic carbocycles. The number of hydrogen-bond acceptors (Lipinski definition) is 6. The van der Waals surface area contributed by atoms with E-state index in [9.17, 15) is 10.1 Å². The first-order valence-corrected chi connectivity index (χ1v) is 9.14. The molecule has 0 spiro atoms. The molecule has 0 aliphatic carbocycles. The Kier molecular flexibility index (Phi) is 5.36. The molecule has 28 heavy (non-hydrogen) atoms. The highest BCUT2D eigenvalue weighted by Gasteiger charge is 2.52. The molecule has 0 bridgehead atoms. The SMILES string of the molecule is COc1ccc(CNc2ccc(B3OC(C)(C)C(C)(C)O3)cc2[N+](=O)[O-])cc1. The monoisotopic (exact) mass is 384 g/mol. The van der Waals surface area contributed by atoms with Gasteiger partial charge in [-0.1, -0.05) is 18.2 Å². The van der Waals surface area contributed by atoms with Crippen molar-refractivity contribution < 1.29 is 19.0 Å². The maximum absolute atomic E-state index is 11.6. The zero-order valence-electron chi connectivity index (χ0n) is 16.8. The second-order valence-corrected chi connectivity index (χ2v) is 7.82. The molecular formula is C20H25BN2O5. The van der Waals surface area contributed by atoms with Crippen molar-refractivity contribution in [2.75, 3.05) is 12.4 Å². The third-order valence-corrected chi connectivity index (χ3v) is 5.39. The molecule has 1 heterocycles. The van der Waals surface area contributed by atoms with Gasteiger partial charge in [-0.15, -0.1) is 0 Å². The van der Waals surface area contributed by atoms with Crippen molar-refractivity contribution in [3.8, 4) is 5.75 Å². The van der Waals surface area contributed by atoms with Crippen molar-refractivity contribution >= 4 is 24.0 Å². The predicted molar refractivity (Wildman–Crippen MR) is 109 cm³/mol. The van der Waals surface area contributed by atoms with Gasteiger partial charge in [0.05, 0.1) is 23.2 Å². The van der Waals surface area contributed by atoms with Crippen LogP contribution in [-0.2, 0) is 15.9 Å². The van der Waals surface area contributed by atoms with Gasteiger partial charge in [0.25, 0.3) is 5.69 Å². The molecule has 3 rings (SSSR count). The number of hydrogen-bond donors (Lipinski definition) is 1. The van der Waals surface area contributed by atoms with Crippen molar-refractivity contribution in [1.29, 1.82) is 0 Å². The Morgan fingerprint density at radius 3 is 2.21 bits per heavy atom. The molecule has 1 saturated heterocycles. The van der Waals surface area contributed by atoms with Crippen LogP contribution in [0.5, 0.6) is 5.75 Å². The summed E-state index contributed by atoms with van der Waals surface area (Å²) in [6.07, 6.45) is 0. The lowest BCUT2D eigenvalue weighted by atomic mass is 9.79. The van der Waals surface area contributed by atoms with Crippen molar-refractivity contribution in [3.63, 3.8) is 0 Å². The number of nitrogens with one attached hydrogen (secondary N) is 1. The van der Waals surface area contributed by atoms with Crippen LogP contribution in [0.25, 0.3) is 0 Å². The van der Waals surface area contributed by atoms with E-state index in [2.05, 4.69) is 5.32 Å². The van der Waals surface area contributed by atoms with Gasteiger partial charge in [0.1, 0.15) is 11.4 Å². The van der Waals surface area contributed by atoms with Crippen molar-refractivity contribution in [2.45, 2.75) is 45.4 Å². The Hall–Kier alpha value is -2.58. The smallest absolute Gasteiger partial charge is 0.495 e. The van der Waals surface area contributed by atoms with Crippen LogP contribution in [0.15, 0.2) is 42.5 Å². The van der Waals surface area contributed by atoms with Crippen LogP contribution in [0.3, 0.4) is 0 Å². The summed E-state index contributed by atoms with van der Waals surface area (Å²) in [5, 5.41) is 14.7. The van der Waals surface area contributed by atoms with E-state index in [4.69, 9.17) is 14.0 Å². The van der Waals surface area contributed by atoms with Gasteiger partial charge < -0.3 is 19.4 Å². The van der Waals surface area contributed by atoms with Crippen LogP contribution in [0, 0.1) is 10.1 Å². The molecule has 0 amide bonds. The van der Waals surface area contributed by atoms with Crippen LogP contribution in [-0.4, -0.2) is 30.4 Å². The van der Waals surface area contributed by atoms with Crippen LogP contribution < -0.4 is 15.5 Å². The highest BCUT2D eigenvalue weighted by molar-refractivity contribution is 6.62. The van der Waals surface area contributed by atoms with Crippen LogP contribution in [0.1, 0.15) is 33.3 Å². The minimum atomic E-state index is -0.640. The zero-order valence-corrected chi connectivity index (χ0v) is 16.8. The Morgan fingerprint density at radius 2 is 1.68 bits per heavy atom. The summed E-state index contributed by atoms with van der Waals surface area (Å²) in [4.78, 5) is 11.2. The molecule has 1 aliphatic heterocycles. The summed E-state index contributed by atoms with van der Waals surface area (Å²) in [5.74, 6) is 0.765. The predicted octanol–water partition coefficient (Wildman–Crippen LogP) is 3.51. The third-order valence-electron chi connectivity index (χ3n) is 5.39. The quantitative estimate of drug-likeness (QED) is 0.466. The van der Waals surface area contributed by atoms with Crippen molar-refractivity contribution in [2.24, 2.45) is 0 Å². The number of nitro groups is 1. The van der Waals surface area contributed by atoms with Gasteiger partial charge in [-0.2, -0.15) is 0 Å². The van der Waals surface area contributed by atoms with Crippen molar-refractivity contribution in [1.82, 2.24) is 0 Å². The topological polar surface area (TPSA) is 82.9 Å². The Balaban J connectivity index is 1.79. The number of nitro benzene ring substituents is 1. The molecule has 2 aromatic rings. The minimum Gasteiger partial charge on any atom is -0.497 e. The lowest BCUT2D eigenvalue weighted by molar-refractivity contribution is -0.383. The van der Waals surface area contributed by atoms with Crippen LogP contribution >= 0.6 is 0 Å². The maximum atomic E-state index is 11.6. The fraction of sp³-hybridized carbons (Fsp3) is 0.400. The molecule has 8 heteroatoms. The third kappa shape index (κ3) is 3.98. The highest BCUT2D eigenvalue weighted by atomic mass is 16.7. The van der Waals surface area contributed by atoms with Gasteiger partial charge in [0.2, 0.25) is 0 Å². The fourth-order valence-corrected chi connectivity index (χ4v) is 2.92. The first-order chi connectivity index (χ1) is 13.1. The fourth-order valence-electron chi connectivity index (χ4n) is 2.92. The standard InChI is InChI=1S/C20H25BN2O5/c1-19(2)20(3,4)28-21(27-19)15-8-11-17(18(12-15)23(24)25)22-13-14-6-9-16(26-5)10-7-14/h6-12,22H,13H2,1-5H3. The first kappa shape index (κ1) is 20.2. The molecule has 0 unspecified atom stereocenters. The molecule has 0 saturated carbocycles. The van der Waals surface area contributed by atoms with E-state index in [1.54, 1.807) is 19.2 Å². The molecular weight excluding hydrogens is 359 g/mol. The normalized spacial score (nSPS) is 17.4. The number of nitrogens with zero attached hydrogens (tertiary/aromatic N) is 1. The molecule has 1 N–H and O–H groups in total. The van der Waals surface area contributed by atoms with Gasteiger partial charge in [-0.3, -0.25) is 10.1 Å². The lowest BCUT2D eigenvalue weighted by Crippen LogP contribution is -2.41. The summed E-state index contributed by atoms with van der Waals surface area (Å²) in [6, 6.07) is 12.5. The number of ether oxygens (including phenoxy) is 1. The number of rotatable bonds is 6. The summed E-state index contributed by atoms with van der Waals surface area (Å²) in [6.45, 7) is 8.26. The van der Waals surface area contributed by atoms with E-state index < -0.39 is 23.2 Å². The average molecular weight is 384 g/mol. The second-order valence-electron chi connectivity index (χ2n) is 7.82. The van der Waals surface area contributed by atoms with Gasteiger partial charge in [0.15, 0.2) is 0 Å². The molecule has 1 fully saturated rings. The average Bonchev–Trinajstić information content (AvgIpc) is 2.87. The highest BCUT2D eigenvalue weighted by Crippen LogP contribution is 2.37. The molecule has 0 aromatic heterocycles. The molecule has 7 nitrogen and oxygen atoms in total. The Labute approximate surface area is 165 Å². The number of benzene rings is 2. The number of methoxy groups -OCH3 is 1. The maximum Gasteiger partial charge on any atom is 0.495 e. The van der Waals surface area contributed by atoms with E-state index in [0.717, 1.165) is 11.3 Å². The van der Waals surface area contributed by atoms with Crippen LogP contribution in [0.2, 0.25) is 0 Å². The Morgan fingerprint density at radius 1 is 1.07 bits per heavy atom. The zero-order chi connectivity index (χ0) is 20.5. The molecule has 148 valence electrons. The summed E-state index contributed by atoms with van der Waals surface area (Å²) in [5.41, 5.74) is 1.04. The van der Waals surface area contributed by atoms with Crippen molar-refractivity contribution in [3.05, 3.63) is 58.1 Å². The van der Waals surface area contributed by atoms with E-state index in [0.29, 0.717) is 17.7 Å². The van der Waals surface area contributed by atoms with Gasteiger partial charge in [-0.25, -0.2) is 0 Å². The molecule has 0 atom stereocenters. The molecule has 0 radical (unpaired) electrons. The van der Waals surface area contributed by atoms with E-state index in [1.165, 1.54) is 6.07 Å². The minimum absolute atomic E-state index is 0.0132. The van der Waals surface area contributed by atoms with E-state index in [-0.39, 0.29) is 5.69 Å². The second kappa shape index (κ2) is 7.45. The lowest BCUT2D eigenvalue weighted by Gasteiger charge is -2.32. The molecule has 1 aliphatic rings. The van der Waals surface area contributed by atoms with Gasteiger partial charge in [-0.05, 0) is 56.9 Å². The van der Waals surface area contributed by atoms with E-state index >= 15 is 0 Å².